The van der Waals surface area contributed by atoms with Gasteiger partial charge in [-0.3, -0.25) is 0 Å². The maximum absolute atomic E-state index is 10.0. The van der Waals surface area contributed by atoms with Gasteiger partial charge in [-0.1, -0.05) is 63.3 Å². The van der Waals surface area contributed by atoms with Crippen LogP contribution in [0.3, 0.4) is 0 Å². The molecular formula is C21H38O4. The molecule has 1 saturated heterocycles. The van der Waals surface area contributed by atoms with E-state index in [1.807, 2.05) is 0 Å². The van der Waals surface area contributed by atoms with Crippen molar-refractivity contribution in [2.24, 2.45) is 0 Å². The highest BCUT2D eigenvalue weighted by Crippen LogP contribution is 2.23. The minimum Gasteiger partial charge on any atom is -0.388 e. The second-order valence-electron chi connectivity index (χ2n) is 6.97. The number of ether oxygens (including phenoxy) is 2. The Morgan fingerprint density at radius 2 is 1.40 bits per heavy atom. The first-order valence-corrected chi connectivity index (χ1v) is 10.1. The summed E-state index contributed by atoms with van der Waals surface area (Å²) in [5.41, 5.74) is 0. The summed E-state index contributed by atoms with van der Waals surface area (Å²) in [6.07, 6.45) is 21.9. The first-order chi connectivity index (χ1) is 12.2. The molecule has 0 bridgehead atoms. The standard InChI is InChI=1S/C21H38O4/c1-2-3-4-5-6-7-8-9-10-11-12-13-14-15-16-17-21(23)24-18-20(22)19-25-21/h6-7,9-10,20,22-23H,2-5,8,11-19H2,1H3/b7-6+,10-9+. The summed E-state index contributed by atoms with van der Waals surface area (Å²) in [6, 6.07) is 0. The van der Waals surface area contributed by atoms with Crippen LogP contribution in [0.5, 0.6) is 0 Å². The lowest BCUT2D eigenvalue weighted by molar-refractivity contribution is -0.397. The Hall–Kier alpha value is -0.680. The summed E-state index contributed by atoms with van der Waals surface area (Å²) in [4.78, 5) is 0. The van der Waals surface area contributed by atoms with Crippen LogP contribution < -0.4 is 0 Å². The number of unbranched alkanes of at least 4 members (excludes halogenated alkanes) is 8. The van der Waals surface area contributed by atoms with Crippen LogP contribution in [0.15, 0.2) is 24.3 Å². The molecule has 25 heavy (non-hydrogen) atoms. The van der Waals surface area contributed by atoms with Crippen LogP contribution in [-0.2, 0) is 9.47 Å². The highest BCUT2D eigenvalue weighted by atomic mass is 16.8. The van der Waals surface area contributed by atoms with Gasteiger partial charge in [0.25, 0.3) is 5.97 Å². The van der Waals surface area contributed by atoms with Crippen molar-refractivity contribution in [3.8, 4) is 0 Å². The molecule has 0 aromatic heterocycles. The summed E-state index contributed by atoms with van der Waals surface area (Å²) in [5.74, 6) is -1.48. The Balaban J connectivity index is 1.86. The quantitative estimate of drug-likeness (QED) is 0.346. The normalized spacial score (nSPS) is 24.5. The lowest BCUT2D eigenvalue weighted by Gasteiger charge is -2.34. The maximum atomic E-state index is 10.0. The van der Waals surface area contributed by atoms with Crippen molar-refractivity contribution in [2.45, 2.75) is 96.1 Å². The predicted molar refractivity (Wildman–Crippen MR) is 102 cm³/mol. The van der Waals surface area contributed by atoms with Crippen molar-refractivity contribution in [1.29, 1.82) is 0 Å². The molecule has 1 rings (SSSR count). The Kier molecular flexibility index (Phi) is 13.0. The summed E-state index contributed by atoms with van der Waals surface area (Å²) in [7, 11) is 0. The van der Waals surface area contributed by atoms with E-state index in [-0.39, 0.29) is 13.2 Å². The molecule has 0 aromatic carbocycles. The molecule has 0 saturated carbocycles. The van der Waals surface area contributed by atoms with Gasteiger partial charge in [-0.2, -0.15) is 0 Å². The largest absolute Gasteiger partial charge is 0.388 e. The summed E-state index contributed by atoms with van der Waals surface area (Å²) >= 11 is 0. The van der Waals surface area contributed by atoms with Gasteiger partial charge in [0.2, 0.25) is 0 Å². The number of hydrogen-bond acceptors (Lipinski definition) is 4. The van der Waals surface area contributed by atoms with Gasteiger partial charge in [-0.25, -0.2) is 0 Å². The van der Waals surface area contributed by atoms with Gasteiger partial charge in [0.05, 0.1) is 13.2 Å². The third kappa shape index (κ3) is 12.3. The van der Waals surface area contributed by atoms with Gasteiger partial charge in [-0.05, 0) is 38.5 Å². The molecule has 0 unspecified atom stereocenters. The molecule has 0 radical (unpaired) electrons. The summed E-state index contributed by atoms with van der Waals surface area (Å²) in [6.45, 7) is 2.54. The third-order valence-corrected chi connectivity index (χ3v) is 4.45. The highest BCUT2D eigenvalue weighted by molar-refractivity contribution is 4.92. The molecule has 146 valence electrons. The van der Waals surface area contributed by atoms with Crippen LogP contribution in [0.1, 0.15) is 84.0 Å². The van der Waals surface area contributed by atoms with Gasteiger partial charge in [0.1, 0.15) is 6.10 Å². The van der Waals surface area contributed by atoms with Crippen LogP contribution >= 0.6 is 0 Å². The van der Waals surface area contributed by atoms with E-state index < -0.39 is 12.1 Å². The molecule has 0 aliphatic carbocycles. The Bertz CT molecular complexity index is 357. The first-order valence-electron chi connectivity index (χ1n) is 10.1. The zero-order valence-corrected chi connectivity index (χ0v) is 16.0. The maximum Gasteiger partial charge on any atom is 0.280 e. The summed E-state index contributed by atoms with van der Waals surface area (Å²) in [5, 5.41) is 19.3. The van der Waals surface area contributed by atoms with E-state index in [0.29, 0.717) is 6.42 Å². The van der Waals surface area contributed by atoms with Gasteiger partial charge in [-0.15, -0.1) is 0 Å². The van der Waals surface area contributed by atoms with E-state index in [1.54, 1.807) is 0 Å². The smallest absolute Gasteiger partial charge is 0.280 e. The van der Waals surface area contributed by atoms with E-state index >= 15 is 0 Å². The van der Waals surface area contributed by atoms with Crippen molar-refractivity contribution in [3.05, 3.63) is 24.3 Å². The lowest BCUT2D eigenvalue weighted by atomic mass is 10.1. The molecule has 1 fully saturated rings. The van der Waals surface area contributed by atoms with Gasteiger partial charge in [0.15, 0.2) is 0 Å². The Labute approximate surface area is 153 Å². The molecule has 1 aliphatic rings. The van der Waals surface area contributed by atoms with Crippen LogP contribution in [-0.4, -0.2) is 35.5 Å². The molecule has 4 nitrogen and oxygen atoms in total. The lowest BCUT2D eigenvalue weighted by Crippen LogP contribution is -2.46. The fourth-order valence-electron chi connectivity index (χ4n) is 2.85. The average molecular weight is 355 g/mol. The second kappa shape index (κ2) is 14.5. The molecule has 4 heteroatoms. The van der Waals surface area contributed by atoms with Gasteiger partial charge >= 0.3 is 0 Å². The number of aliphatic hydroxyl groups is 2. The SMILES string of the molecule is CCCCC/C=C/C/C=C/CCCCCCCC1(O)OCC(O)CO1. The topological polar surface area (TPSA) is 58.9 Å². The minimum atomic E-state index is -1.48. The molecule has 0 aromatic rings. The van der Waals surface area contributed by atoms with Crippen molar-refractivity contribution in [2.75, 3.05) is 13.2 Å². The van der Waals surface area contributed by atoms with Crippen molar-refractivity contribution < 1.29 is 19.7 Å². The molecule has 0 atom stereocenters. The van der Waals surface area contributed by atoms with Gasteiger partial charge < -0.3 is 19.7 Å². The Morgan fingerprint density at radius 3 is 2.04 bits per heavy atom. The molecule has 0 amide bonds. The minimum absolute atomic E-state index is 0.150. The molecule has 2 N–H and O–H groups in total. The fourth-order valence-corrected chi connectivity index (χ4v) is 2.85. The van der Waals surface area contributed by atoms with E-state index in [1.165, 1.54) is 44.9 Å². The van der Waals surface area contributed by atoms with Crippen molar-refractivity contribution in [1.82, 2.24) is 0 Å². The highest BCUT2D eigenvalue weighted by Gasteiger charge is 2.34. The Morgan fingerprint density at radius 1 is 0.840 bits per heavy atom. The first kappa shape index (κ1) is 22.4. The van der Waals surface area contributed by atoms with Crippen LogP contribution in [0, 0.1) is 0 Å². The van der Waals surface area contributed by atoms with Gasteiger partial charge in [0, 0.05) is 6.42 Å². The molecule has 0 spiro atoms. The average Bonchev–Trinajstić information content (AvgIpc) is 2.61. The van der Waals surface area contributed by atoms with E-state index in [9.17, 15) is 10.2 Å². The molecular weight excluding hydrogens is 316 g/mol. The zero-order valence-electron chi connectivity index (χ0n) is 16.0. The van der Waals surface area contributed by atoms with Crippen molar-refractivity contribution in [3.63, 3.8) is 0 Å². The predicted octanol–water partition coefficient (Wildman–Crippen LogP) is 4.85. The monoisotopic (exact) mass is 354 g/mol. The second-order valence-corrected chi connectivity index (χ2v) is 6.97. The molecule has 1 aliphatic heterocycles. The van der Waals surface area contributed by atoms with Crippen LogP contribution in [0.25, 0.3) is 0 Å². The van der Waals surface area contributed by atoms with Crippen molar-refractivity contribution >= 4 is 0 Å². The number of hydrogen-bond donors (Lipinski definition) is 2. The zero-order chi connectivity index (χ0) is 18.2. The fraction of sp³-hybridized carbons (Fsp3) is 0.810. The number of rotatable bonds is 14. The third-order valence-electron chi connectivity index (χ3n) is 4.45. The van der Waals surface area contributed by atoms with E-state index in [4.69, 9.17) is 9.47 Å². The van der Waals surface area contributed by atoms with Crippen LogP contribution in [0.2, 0.25) is 0 Å². The number of aliphatic hydroxyl groups excluding tert-OH is 1. The van der Waals surface area contributed by atoms with E-state index in [0.717, 1.165) is 25.7 Å². The number of allylic oxidation sites excluding steroid dienone is 4. The molecule has 1 heterocycles. The van der Waals surface area contributed by atoms with E-state index in [2.05, 4.69) is 31.2 Å². The summed E-state index contributed by atoms with van der Waals surface area (Å²) < 4.78 is 10.3. The van der Waals surface area contributed by atoms with Crippen LogP contribution in [0.4, 0.5) is 0 Å².